The van der Waals surface area contributed by atoms with Crippen molar-refractivity contribution >= 4 is 0 Å². The molecule has 0 aliphatic heterocycles. The van der Waals surface area contributed by atoms with Crippen LogP contribution in [-0.4, -0.2) is 0 Å². The van der Waals surface area contributed by atoms with Gasteiger partial charge in [-0.05, 0) is 72.6 Å². The number of aryl methyl sites for hydroxylation is 1. The number of benzene rings is 2. The van der Waals surface area contributed by atoms with E-state index in [4.69, 9.17) is 0 Å². The molecule has 0 bridgehead atoms. The SMILES string of the molecule is C=CCCc1ccc(-c2ccc(C3CCC(CCCCCCC)CC3)cc2)cc1. The second kappa shape index (κ2) is 12.0. The Balaban J connectivity index is 1.46. The second-order valence-corrected chi connectivity index (χ2v) is 9.07. The zero-order valence-electron chi connectivity index (χ0n) is 18.5. The lowest BCUT2D eigenvalue weighted by molar-refractivity contribution is 0.302. The first-order valence-electron chi connectivity index (χ1n) is 12.1. The maximum absolute atomic E-state index is 3.81. The molecule has 0 atom stereocenters. The first-order valence-corrected chi connectivity index (χ1v) is 12.1. The fourth-order valence-corrected chi connectivity index (χ4v) is 4.90. The van der Waals surface area contributed by atoms with Gasteiger partial charge in [0.15, 0.2) is 0 Å². The van der Waals surface area contributed by atoms with E-state index in [1.165, 1.54) is 80.9 Å². The summed E-state index contributed by atoms with van der Waals surface area (Å²) in [5.41, 5.74) is 5.61. The van der Waals surface area contributed by atoms with Gasteiger partial charge in [0.2, 0.25) is 0 Å². The average molecular weight is 389 g/mol. The molecule has 0 heteroatoms. The van der Waals surface area contributed by atoms with Gasteiger partial charge in [0, 0.05) is 0 Å². The Kier molecular flexibility index (Phi) is 9.06. The van der Waals surface area contributed by atoms with Crippen molar-refractivity contribution in [3.05, 3.63) is 72.3 Å². The molecule has 1 saturated carbocycles. The third-order valence-electron chi connectivity index (χ3n) is 6.87. The van der Waals surface area contributed by atoms with Crippen LogP contribution in [0.2, 0.25) is 0 Å². The van der Waals surface area contributed by atoms with E-state index < -0.39 is 0 Å². The molecule has 0 aromatic heterocycles. The molecular formula is C29H40. The molecule has 2 aromatic rings. The summed E-state index contributed by atoms with van der Waals surface area (Å²) in [6.07, 6.45) is 18.4. The fraction of sp³-hybridized carbons (Fsp3) is 0.517. The second-order valence-electron chi connectivity index (χ2n) is 9.07. The highest BCUT2D eigenvalue weighted by Crippen LogP contribution is 2.38. The molecule has 1 fully saturated rings. The minimum atomic E-state index is 0.779. The first-order chi connectivity index (χ1) is 14.3. The molecule has 2 aromatic carbocycles. The van der Waals surface area contributed by atoms with Gasteiger partial charge >= 0.3 is 0 Å². The number of rotatable bonds is 11. The summed E-state index contributed by atoms with van der Waals surface area (Å²) >= 11 is 0. The van der Waals surface area contributed by atoms with Crippen LogP contribution >= 0.6 is 0 Å². The highest BCUT2D eigenvalue weighted by Gasteiger charge is 2.22. The van der Waals surface area contributed by atoms with Gasteiger partial charge in [0.25, 0.3) is 0 Å². The van der Waals surface area contributed by atoms with Gasteiger partial charge in [-0.25, -0.2) is 0 Å². The topological polar surface area (TPSA) is 0 Å². The van der Waals surface area contributed by atoms with Gasteiger partial charge < -0.3 is 0 Å². The minimum absolute atomic E-state index is 0.779. The number of allylic oxidation sites excluding steroid dienone is 1. The molecule has 1 aliphatic carbocycles. The molecule has 29 heavy (non-hydrogen) atoms. The molecule has 0 unspecified atom stereocenters. The van der Waals surface area contributed by atoms with E-state index in [0.717, 1.165) is 24.7 Å². The van der Waals surface area contributed by atoms with Gasteiger partial charge in [0.1, 0.15) is 0 Å². The van der Waals surface area contributed by atoms with Gasteiger partial charge in [-0.1, -0.05) is 100 Å². The van der Waals surface area contributed by atoms with Crippen molar-refractivity contribution in [2.75, 3.05) is 0 Å². The molecule has 156 valence electrons. The first kappa shape index (κ1) is 21.9. The van der Waals surface area contributed by atoms with Crippen molar-refractivity contribution < 1.29 is 0 Å². The zero-order chi connectivity index (χ0) is 20.3. The van der Waals surface area contributed by atoms with Crippen LogP contribution in [0.25, 0.3) is 11.1 Å². The van der Waals surface area contributed by atoms with E-state index in [-0.39, 0.29) is 0 Å². The lowest BCUT2D eigenvalue weighted by Gasteiger charge is -2.29. The summed E-state index contributed by atoms with van der Waals surface area (Å²) in [4.78, 5) is 0. The molecule has 0 heterocycles. The quantitative estimate of drug-likeness (QED) is 0.266. The van der Waals surface area contributed by atoms with Crippen LogP contribution in [0.3, 0.4) is 0 Å². The normalized spacial score (nSPS) is 19.2. The summed E-state index contributed by atoms with van der Waals surface area (Å²) in [6.45, 7) is 6.12. The zero-order valence-corrected chi connectivity index (χ0v) is 18.5. The Morgan fingerprint density at radius 2 is 1.41 bits per heavy atom. The van der Waals surface area contributed by atoms with Crippen LogP contribution in [0.1, 0.15) is 94.6 Å². The number of hydrogen-bond acceptors (Lipinski definition) is 0. The summed E-state index contributed by atoms with van der Waals surface area (Å²) in [7, 11) is 0. The summed E-state index contributed by atoms with van der Waals surface area (Å²) in [6, 6.07) is 18.5. The van der Waals surface area contributed by atoms with Crippen LogP contribution in [0.5, 0.6) is 0 Å². The van der Waals surface area contributed by atoms with Crippen LogP contribution in [0.15, 0.2) is 61.2 Å². The van der Waals surface area contributed by atoms with E-state index in [1.807, 2.05) is 6.08 Å². The Hall–Kier alpha value is -1.82. The molecule has 3 rings (SSSR count). The van der Waals surface area contributed by atoms with Gasteiger partial charge in [-0.2, -0.15) is 0 Å². The van der Waals surface area contributed by atoms with Crippen LogP contribution in [0.4, 0.5) is 0 Å². The molecular weight excluding hydrogens is 348 g/mol. The predicted octanol–water partition coefficient (Wildman–Crippen LogP) is 9.11. The number of hydrogen-bond donors (Lipinski definition) is 0. The molecule has 0 spiro atoms. The Labute approximate surface area is 179 Å². The van der Waals surface area contributed by atoms with Gasteiger partial charge in [-0.15, -0.1) is 6.58 Å². The summed E-state index contributed by atoms with van der Waals surface area (Å²) < 4.78 is 0. The largest absolute Gasteiger partial charge is 0.103 e. The Morgan fingerprint density at radius 3 is 2.03 bits per heavy atom. The van der Waals surface area contributed by atoms with E-state index in [1.54, 1.807) is 5.56 Å². The molecule has 0 saturated heterocycles. The lowest BCUT2D eigenvalue weighted by atomic mass is 9.77. The maximum Gasteiger partial charge on any atom is -0.0162 e. The van der Waals surface area contributed by atoms with E-state index >= 15 is 0 Å². The van der Waals surface area contributed by atoms with Gasteiger partial charge in [-0.3, -0.25) is 0 Å². The molecule has 0 nitrogen and oxygen atoms in total. The third-order valence-corrected chi connectivity index (χ3v) is 6.87. The molecule has 1 aliphatic rings. The van der Waals surface area contributed by atoms with Crippen LogP contribution < -0.4 is 0 Å². The maximum atomic E-state index is 3.81. The highest BCUT2D eigenvalue weighted by atomic mass is 14.3. The summed E-state index contributed by atoms with van der Waals surface area (Å²) in [5, 5.41) is 0. The van der Waals surface area contributed by atoms with E-state index in [0.29, 0.717) is 0 Å². The number of unbranched alkanes of at least 4 members (excludes halogenated alkanes) is 4. The lowest BCUT2D eigenvalue weighted by Crippen LogP contribution is -2.13. The van der Waals surface area contributed by atoms with Gasteiger partial charge in [0.05, 0.1) is 0 Å². The predicted molar refractivity (Wildman–Crippen MR) is 128 cm³/mol. The minimum Gasteiger partial charge on any atom is -0.103 e. The van der Waals surface area contributed by atoms with Crippen molar-refractivity contribution in [1.82, 2.24) is 0 Å². The van der Waals surface area contributed by atoms with Crippen LogP contribution in [0, 0.1) is 5.92 Å². The monoisotopic (exact) mass is 388 g/mol. The highest BCUT2D eigenvalue weighted by molar-refractivity contribution is 5.64. The average Bonchev–Trinajstić information content (AvgIpc) is 2.78. The van der Waals surface area contributed by atoms with E-state index in [2.05, 4.69) is 62.0 Å². The van der Waals surface area contributed by atoms with Crippen molar-refractivity contribution in [2.24, 2.45) is 5.92 Å². The van der Waals surface area contributed by atoms with Crippen LogP contribution in [-0.2, 0) is 6.42 Å². The smallest absolute Gasteiger partial charge is 0.0162 e. The Bertz CT molecular complexity index is 699. The van der Waals surface area contributed by atoms with Crippen molar-refractivity contribution in [1.29, 1.82) is 0 Å². The molecule has 0 N–H and O–H groups in total. The molecule has 0 amide bonds. The fourth-order valence-electron chi connectivity index (χ4n) is 4.90. The third kappa shape index (κ3) is 6.88. The van der Waals surface area contributed by atoms with Crippen molar-refractivity contribution in [3.63, 3.8) is 0 Å². The Morgan fingerprint density at radius 1 is 0.793 bits per heavy atom. The standard InChI is InChI=1S/C29H40/c1-3-5-7-8-9-11-25-14-18-27(19-15-25)29-22-20-28(21-23-29)26-16-12-24(13-17-26)10-6-4-2/h4,12-13,16-17,20-23,25,27H,2-3,5-11,14-15,18-19H2,1H3. The summed E-state index contributed by atoms with van der Waals surface area (Å²) in [5.74, 6) is 1.77. The van der Waals surface area contributed by atoms with Crippen molar-refractivity contribution in [3.8, 4) is 11.1 Å². The van der Waals surface area contributed by atoms with E-state index in [9.17, 15) is 0 Å². The molecule has 0 radical (unpaired) electrons. The van der Waals surface area contributed by atoms with Crippen molar-refractivity contribution in [2.45, 2.75) is 89.9 Å².